The van der Waals surface area contributed by atoms with Gasteiger partial charge in [0.15, 0.2) is 5.78 Å². The van der Waals surface area contributed by atoms with E-state index in [9.17, 15) is 4.79 Å². The highest BCUT2D eigenvalue weighted by Crippen LogP contribution is 2.49. The average Bonchev–Trinajstić information content (AvgIpc) is 2.31. The summed E-state index contributed by atoms with van der Waals surface area (Å²) in [6, 6.07) is 0. The zero-order chi connectivity index (χ0) is 12.7. The number of hydrogen-bond donors (Lipinski definition) is 1. The first-order valence-electron chi connectivity index (χ1n) is 6.61. The van der Waals surface area contributed by atoms with Crippen LogP contribution in [0, 0.1) is 5.92 Å². The molecule has 1 unspecified atom stereocenters. The minimum absolute atomic E-state index is 0.284. The number of hydrogen-bond acceptors (Lipinski definition) is 2. The Balaban J connectivity index is 1.90. The summed E-state index contributed by atoms with van der Waals surface area (Å²) >= 11 is 6.90. The minimum Gasteiger partial charge on any atom is -0.396 e. The Morgan fingerprint density at radius 2 is 1.59 bits per heavy atom. The fourth-order valence-corrected chi connectivity index (χ4v) is 3.36. The third kappa shape index (κ3) is 4.99. The van der Waals surface area contributed by atoms with Gasteiger partial charge in [-0.2, -0.15) is 0 Å². The summed E-state index contributed by atoms with van der Waals surface area (Å²) in [7, 11) is 0. The molecule has 1 fully saturated rings. The second-order valence-corrected chi connectivity index (χ2v) is 8.50. The number of carbonyl (C=O) groups is 1. The Morgan fingerprint density at radius 3 is 2.06 bits per heavy atom. The van der Waals surface area contributed by atoms with Gasteiger partial charge in [0.1, 0.15) is 3.23 Å². The highest BCUT2D eigenvalue weighted by Gasteiger charge is 2.50. The predicted molar refractivity (Wildman–Crippen MR) is 77.7 cm³/mol. The SMILES string of the molecule is O=C1CC(CCCCCCCCCO)C1(Br)Br. The van der Waals surface area contributed by atoms with Gasteiger partial charge in [-0.15, -0.1) is 0 Å². The summed E-state index contributed by atoms with van der Waals surface area (Å²) in [5.41, 5.74) is 0. The topological polar surface area (TPSA) is 37.3 Å². The molecule has 0 aromatic carbocycles. The van der Waals surface area contributed by atoms with E-state index in [0.29, 0.717) is 12.5 Å². The first-order chi connectivity index (χ1) is 8.09. The zero-order valence-electron chi connectivity index (χ0n) is 10.3. The van der Waals surface area contributed by atoms with Gasteiger partial charge in [-0.1, -0.05) is 70.4 Å². The molecule has 1 aliphatic carbocycles. The fraction of sp³-hybridized carbons (Fsp3) is 0.923. The normalized spacial score (nSPS) is 22.5. The summed E-state index contributed by atoms with van der Waals surface area (Å²) in [5.74, 6) is 0.760. The van der Waals surface area contributed by atoms with Crippen LogP contribution in [-0.4, -0.2) is 20.7 Å². The van der Waals surface area contributed by atoms with Crippen LogP contribution < -0.4 is 0 Å². The molecule has 1 aliphatic rings. The van der Waals surface area contributed by atoms with E-state index in [-0.39, 0.29) is 5.78 Å². The Morgan fingerprint density at radius 1 is 1.06 bits per heavy atom. The minimum atomic E-state index is -0.402. The highest BCUT2D eigenvalue weighted by molar-refractivity contribution is 9.26. The molecule has 0 aromatic rings. The number of aliphatic hydroxyl groups is 1. The molecule has 0 spiro atoms. The number of rotatable bonds is 9. The molecule has 4 heteroatoms. The van der Waals surface area contributed by atoms with E-state index in [1.165, 1.54) is 32.1 Å². The van der Waals surface area contributed by atoms with Crippen LogP contribution in [0.15, 0.2) is 0 Å². The Labute approximate surface area is 121 Å². The van der Waals surface area contributed by atoms with Crippen LogP contribution in [-0.2, 0) is 4.79 Å². The van der Waals surface area contributed by atoms with Crippen LogP contribution in [0.5, 0.6) is 0 Å². The Bertz CT molecular complexity index is 242. The number of unbranched alkanes of at least 4 members (excludes halogenated alkanes) is 6. The van der Waals surface area contributed by atoms with Gasteiger partial charge in [0.2, 0.25) is 0 Å². The average molecular weight is 370 g/mol. The molecule has 0 aromatic heterocycles. The number of Topliss-reactive ketones (excluding diaryl/α,β-unsaturated/α-hetero) is 1. The molecule has 0 heterocycles. The van der Waals surface area contributed by atoms with Gasteiger partial charge >= 0.3 is 0 Å². The summed E-state index contributed by atoms with van der Waals surface area (Å²) in [5, 5.41) is 8.64. The van der Waals surface area contributed by atoms with Crippen molar-refractivity contribution in [2.75, 3.05) is 6.61 Å². The van der Waals surface area contributed by atoms with E-state index >= 15 is 0 Å². The Hall–Kier alpha value is 0.590. The van der Waals surface area contributed by atoms with Gasteiger partial charge in [-0.25, -0.2) is 0 Å². The molecule has 0 saturated heterocycles. The maximum Gasteiger partial charge on any atom is 0.160 e. The molecule has 0 aliphatic heterocycles. The van der Waals surface area contributed by atoms with Crippen molar-refractivity contribution in [2.45, 2.75) is 61.0 Å². The maximum atomic E-state index is 11.3. The predicted octanol–water partition coefficient (Wildman–Crippen LogP) is 4.17. The second-order valence-electron chi connectivity index (χ2n) is 4.93. The number of halogens is 2. The first kappa shape index (κ1) is 15.6. The zero-order valence-corrected chi connectivity index (χ0v) is 13.4. The van der Waals surface area contributed by atoms with E-state index in [1.807, 2.05) is 0 Å². The number of ketones is 1. The molecule has 0 bridgehead atoms. The fourth-order valence-electron chi connectivity index (χ4n) is 2.25. The molecule has 100 valence electrons. The standard InChI is InChI=1S/C13H22Br2O2/c14-13(15)11(10-12(13)17)8-6-4-2-1-3-5-7-9-16/h11,16H,1-10H2. The lowest BCUT2D eigenvalue weighted by Gasteiger charge is -2.38. The molecule has 1 N–H and O–H groups in total. The number of alkyl halides is 2. The van der Waals surface area contributed by atoms with Crippen LogP contribution in [0.25, 0.3) is 0 Å². The van der Waals surface area contributed by atoms with Crippen molar-refractivity contribution >= 4 is 37.6 Å². The van der Waals surface area contributed by atoms with Crippen molar-refractivity contribution in [1.29, 1.82) is 0 Å². The van der Waals surface area contributed by atoms with Gasteiger partial charge in [0.05, 0.1) is 0 Å². The van der Waals surface area contributed by atoms with E-state index in [4.69, 9.17) is 5.11 Å². The Kier molecular flexibility index (Phi) is 7.27. The molecular formula is C13H22Br2O2. The maximum absolute atomic E-state index is 11.3. The van der Waals surface area contributed by atoms with Crippen molar-refractivity contribution < 1.29 is 9.90 Å². The van der Waals surface area contributed by atoms with Gasteiger partial charge in [0.25, 0.3) is 0 Å². The van der Waals surface area contributed by atoms with Gasteiger partial charge < -0.3 is 5.11 Å². The molecule has 1 saturated carbocycles. The second kappa shape index (κ2) is 7.90. The van der Waals surface area contributed by atoms with Crippen LogP contribution in [0.3, 0.4) is 0 Å². The quantitative estimate of drug-likeness (QED) is 0.489. The summed E-state index contributed by atoms with van der Waals surface area (Å²) in [6.07, 6.45) is 10.2. The number of carbonyl (C=O) groups excluding carboxylic acids is 1. The van der Waals surface area contributed by atoms with E-state index in [1.54, 1.807) is 0 Å². The van der Waals surface area contributed by atoms with E-state index in [2.05, 4.69) is 31.9 Å². The monoisotopic (exact) mass is 368 g/mol. The van der Waals surface area contributed by atoms with Crippen LogP contribution in [0.1, 0.15) is 57.8 Å². The lowest BCUT2D eigenvalue weighted by molar-refractivity contribution is -0.126. The molecule has 0 amide bonds. The van der Waals surface area contributed by atoms with Gasteiger partial charge in [0, 0.05) is 13.0 Å². The van der Waals surface area contributed by atoms with Crippen molar-refractivity contribution in [2.24, 2.45) is 5.92 Å². The molecule has 1 atom stereocenters. The summed E-state index contributed by atoms with van der Waals surface area (Å²) in [6.45, 7) is 0.328. The van der Waals surface area contributed by atoms with Crippen LogP contribution in [0.2, 0.25) is 0 Å². The molecular weight excluding hydrogens is 348 g/mol. The van der Waals surface area contributed by atoms with Crippen molar-refractivity contribution in [3.63, 3.8) is 0 Å². The van der Waals surface area contributed by atoms with Crippen LogP contribution >= 0.6 is 31.9 Å². The highest BCUT2D eigenvalue weighted by atomic mass is 79.9. The lowest BCUT2D eigenvalue weighted by Crippen LogP contribution is -2.46. The van der Waals surface area contributed by atoms with E-state index < -0.39 is 3.23 Å². The third-order valence-electron chi connectivity index (χ3n) is 3.53. The van der Waals surface area contributed by atoms with Crippen molar-refractivity contribution in [3.8, 4) is 0 Å². The van der Waals surface area contributed by atoms with Crippen molar-refractivity contribution in [3.05, 3.63) is 0 Å². The summed E-state index contributed by atoms with van der Waals surface area (Å²) < 4.78 is -0.402. The largest absolute Gasteiger partial charge is 0.396 e. The third-order valence-corrected chi connectivity index (χ3v) is 5.71. The number of aliphatic hydroxyl groups excluding tert-OH is 1. The van der Waals surface area contributed by atoms with E-state index in [0.717, 1.165) is 25.7 Å². The molecule has 2 nitrogen and oxygen atoms in total. The van der Waals surface area contributed by atoms with Crippen molar-refractivity contribution in [1.82, 2.24) is 0 Å². The smallest absolute Gasteiger partial charge is 0.160 e. The molecule has 17 heavy (non-hydrogen) atoms. The first-order valence-corrected chi connectivity index (χ1v) is 8.19. The molecule has 0 radical (unpaired) electrons. The van der Waals surface area contributed by atoms with Gasteiger partial charge in [-0.05, 0) is 18.8 Å². The van der Waals surface area contributed by atoms with Crippen LogP contribution in [0.4, 0.5) is 0 Å². The van der Waals surface area contributed by atoms with Gasteiger partial charge in [-0.3, -0.25) is 4.79 Å². The summed E-state index contributed by atoms with van der Waals surface area (Å²) in [4.78, 5) is 11.3. The molecule has 1 rings (SSSR count). The lowest BCUT2D eigenvalue weighted by atomic mass is 9.80.